The van der Waals surface area contributed by atoms with E-state index in [4.69, 9.17) is 23.8 Å². The van der Waals surface area contributed by atoms with Crippen LogP contribution in [0.15, 0.2) is 24.3 Å². The summed E-state index contributed by atoms with van der Waals surface area (Å²) in [4.78, 5) is 2.08. The highest BCUT2D eigenvalue weighted by atomic mass is 35.5. The standard InChI is InChI=1S/C12H15ClN4S/c1-8(16(2)3)11-14-15-12(18)17(11)10-6-4-9(13)5-7-10/h4-8H,1-3H3,(H,15,18)/t8-/m0/s1. The van der Waals surface area contributed by atoms with Crippen LogP contribution in [0, 0.1) is 4.77 Å². The van der Waals surface area contributed by atoms with Crippen molar-refractivity contribution >= 4 is 23.8 Å². The van der Waals surface area contributed by atoms with Gasteiger partial charge in [-0.25, -0.2) is 0 Å². The first-order valence-corrected chi connectivity index (χ1v) is 6.39. The van der Waals surface area contributed by atoms with Crippen LogP contribution in [0.3, 0.4) is 0 Å². The molecule has 2 rings (SSSR count). The Bertz CT molecular complexity index is 585. The van der Waals surface area contributed by atoms with Crippen LogP contribution in [0.2, 0.25) is 5.02 Å². The van der Waals surface area contributed by atoms with Crippen LogP contribution in [0.25, 0.3) is 5.69 Å². The molecule has 0 radical (unpaired) electrons. The van der Waals surface area contributed by atoms with Crippen molar-refractivity contribution in [2.45, 2.75) is 13.0 Å². The largest absolute Gasteiger partial charge is 0.300 e. The van der Waals surface area contributed by atoms with Crippen LogP contribution in [0.4, 0.5) is 0 Å². The Balaban J connectivity index is 2.53. The van der Waals surface area contributed by atoms with E-state index in [-0.39, 0.29) is 6.04 Å². The zero-order valence-electron chi connectivity index (χ0n) is 10.5. The van der Waals surface area contributed by atoms with Gasteiger partial charge in [0.25, 0.3) is 0 Å². The topological polar surface area (TPSA) is 36.9 Å². The molecule has 6 heteroatoms. The number of nitrogens with zero attached hydrogens (tertiary/aromatic N) is 3. The molecule has 1 aromatic carbocycles. The fourth-order valence-corrected chi connectivity index (χ4v) is 2.03. The maximum atomic E-state index is 5.90. The van der Waals surface area contributed by atoms with Gasteiger partial charge in [0, 0.05) is 10.7 Å². The van der Waals surface area contributed by atoms with Gasteiger partial charge in [0.1, 0.15) is 0 Å². The van der Waals surface area contributed by atoms with E-state index in [0.717, 1.165) is 11.5 Å². The second kappa shape index (κ2) is 5.22. The molecule has 0 saturated carbocycles. The van der Waals surface area contributed by atoms with Crippen LogP contribution >= 0.6 is 23.8 Å². The minimum atomic E-state index is 0.161. The molecule has 1 heterocycles. The molecular weight excluding hydrogens is 268 g/mol. The van der Waals surface area contributed by atoms with Crippen molar-refractivity contribution in [2.24, 2.45) is 0 Å². The molecule has 2 aromatic rings. The number of benzene rings is 1. The van der Waals surface area contributed by atoms with Gasteiger partial charge >= 0.3 is 0 Å². The number of H-pyrrole nitrogens is 1. The van der Waals surface area contributed by atoms with E-state index in [1.54, 1.807) is 0 Å². The lowest BCUT2D eigenvalue weighted by atomic mass is 10.2. The molecule has 4 nitrogen and oxygen atoms in total. The van der Waals surface area contributed by atoms with Crippen LogP contribution in [-0.2, 0) is 0 Å². The molecule has 0 spiro atoms. The summed E-state index contributed by atoms with van der Waals surface area (Å²) in [5.74, 6) is 0.882. The molecule has 96 valence electrons. The lowest BCUT2D eigenvalue weighted by Crippen LogP contribution is -2.20. The van der Waals surface area contributed by atoms with Gasteiger partial charge in [-0.3, -0.25) is 14.6 Å². The molecule has 1 aromatic heterocycles. The second-order valence-electron chi connectivity index (χ2n) is 4.34. The molecule has 18 heavy (non-hydrogen) atoms. The number of halogens is 1. The molecule has 1 atom stereocenters. The molecule has 0 aliphatic heterocycles. The zero-order chi connectivity index (χ0) is 13.3. The molecule has 0 fully saturated rings. The van der Waals surface area contributed by atoms with Crippen LogP contribution < -0.4 is 0 Å². The van der Waals surface area contributed by atoms with E-state index in [9.17, 15) is 0 Å². The van der Waals surface area contributed by atoms with Gasteiger partial charge in [-0.1, -0.05) is 11.6 Å². The number of rotatable bonds is 3. The Morgan fingerprint density at radius 3 is 2.50 bits per heavy atom. The SMILES string of the molecule is C[C@@H](c1n[nH]c(=S)n1-c1ccc(Cl)cc1)N(C)C. The first-order valence-electron chi connectivity index (χ1n) is 5.60. The number of hydrogen-bond donors (Lipinski definition) is 1. The highest BCUT2D eigenvalue weighted by Gasteiger charge is 2.16. The molecular formula is C12H15ClN4S. The predicted molar refractivity (Wildman–Crippen MR) is 75.9 cm³/mol. The molecule has 1 N–H and O–H groups in total. The Hall–Kier alpha value is -1.17. The van der Waals surface area contributed by atoms with Gasteiger partial charge in [-0.2, -0.15) is 5.10 Å². The summed E-state index contributed by atoms with van der Waals surface area (Å²) >= 11 is 11.2. The lowest BCUT2D eigenvalue weighted by molar-refractivity contribution is 0.305. The van der Waals surface area contributed by atoms with E-state index in [1.165, 1.54) is 0 Å². The average Bonchev–Trinajstić information content (AvgIpc) is 2.71. The third-order valence-electron chi connectivity index (χ3n) is 2.93. The molecule has 0 amide bonds. The normalized spacial score (nSPS) is 12.9. The summed E-state index contributed by atoms with van der Waals surface area (Å²) in [6.07, 6.45) is 0. The number of aromatic nitrogens is 3. The second-order valence-corrected chi connectivity index (χ2v) is 5.16. The van der Waals surface area contributed by atoms with Crippen molar-refractivity contribution in [3.8, 4) is 5.69 Å². The first kappa shape index (κ1) is 13.3. The third kappa shape index (κ3) is 2.48. The van der Waals surface area contributed by atoms with Gasteiger partial charge in [0.05, 0.1) is 6.04 Å². The zero-order valence-corrected chi connectivity index (χ0v) is 12.1. The molecule has 0 bridgehead atoms. The molecule has 0 aliphatic carbocycles. The fourth-order valence-electron chi connectivity index (χ4n) is 1.66. The highest BCUT2D eigenvalue weighted by Crippen LogP contribution is 2.21. The number of aromatic amines is 1. The monoisotopic (exact) mass is 282 g/mol. The van der Waals surface area contributed by atoms with E-state index in [1.807, 2.05) is 42.9 Å². The van der Waals surface area contributed by atoms with Crippen LogP contribution in [0.1, 0.15) is 18.8 Å². The summed E-state index contributed by atoms with van der Waals surface area (Å²) in [6.45, 7) is 2.08. The first-order chi connectivity index (χ1) is 8.50. The van der Waals surface area contributed by atoms with Crippen molar-refractivity contribution in [1.82, 2.24) is 19.7 Å². The minimum absolute atomic E-state index is 0.161. The summed E-state index contributed by atoms with van der Waals surface area (Å²) in [6, 6.07) is 7.71. The lowest BCUT2D eigenvalue weighted by Gasteiger charge is -2.19. The summed E-state index contributed by atoms with van der Waals surface area (Å²) < 4.78 is 2.51. The van der Waals surface area contributed by atoms with E-state index in [0.29, 0.717) is 9.79 Å². The average molecular weight is 283 g/mol. The fraction of sp³-hybridized carbons (Fsp3) is 0.333. The van der Waals surface area contributed by atoms with Crippen LogP contribution in [0.5, 0.6) is 0 Å². The van der Waals surface area contributed by atoms with Crippen molar-refractivity contribution in [3.63, 3.8) is 0 Å². The summed E-state index contributed by atoms with van der Waals surface area (Å²) in [5.41, 5.74) is 0.960. The smallest absolute Gasteiger partial charge is 0.199 e. The molecule has 0 saturated heterocycles. The maximum Gasteiger partial charge on any atom is 0.199 e. The van der Waals surface area contributed by atoms with Gasteiger partial charge in [0.15, 0.2) is 10.6 Å². The van der Waals surface area contributed by atoms with Gasteiger partial charge in [-0.05, 0) is 57.5 Å². The summed E-state index contributed by atoms with van der Waals surface area (Å²) in [5, 5.41) is 7.85. The number of nitrogens with one attached hydrogen (secondary N) is 1. The minimum Gasteiger partial charge on any atom is -0.300 e. The van der Waals surface area contributed by atoms with Gasteiger partial charge in [-0.15, -0.1) is 0 Å². The van der Waals surface area contributed by atoms with Gasteiger partial charge in [0.2, 0.25) is 0 Å². The molecule has 0 unspecified atom stereocenters. The van der Waals surface area contributed by atoms with Crippen molar-refractivity contribution in [3.05, 3.63) is 39.9 Å². The highest BCUT2D eigenvalue weighted by molar-refractivity contribution is 7.71. The van der Waals surface area contributed by atoms with Gasteiger partial charge < -0.3 is 0 Å². The Morgan fingerprint density at radius 2 is 1.94 bits per heavy atom. The predicted octanol–water partition coefficient (Wildman–Crippen LogP) is 3.21. The third-order valence-corrected chi connectivity index (χ3v) is 3.46. The van der Waals surface area contributed by atoms with E-state index in [2.05, 4.69) is 22.0 Å². The van der Waals surface area contributed by atoms with E-state index >= 15 is 0 Å². The Morgan fingerprint density at radius 1 is 1.33 bits per heavy atom. The Kier molecular flexibility index (Phi) is 3.85. The van der Waals surface area contributed by atoms with Crippen molar-refractivity contribution in [1.29, 1.82) is 0 Å². The summed E-state index contributed by atoms with van der Waals surface area (Å²) in [7, 11) is 4.02. The quantitative estimate of drug-likeness (QED) is 0.879. The van der Waals surface area contributed by atoms with E-state index < -0.39 is 0 Å². The van der Waals surface area contributed by atoms with Crippen molar-refractivity contribution in [2.75, 3.05) is 14.1 Å². The van der Waals surface area contributed by atoms with Crippen molar-refractivity contribution < 1.29 is 0 Å². The maximum absolute atomic E-state index is 5.90. The molecule has 0 aliphatic rings. The van der Waals surface area contributed by atoms with Crippen LogP contribution in [-0.4, -0.2) is 33.8 Å². The Labute approximate surface area is 116 Å². The number of hydrogen-bond acceptors (Lipinski definition) is 3.